The smallest absolute Gasteiger partial charge is 0.258 e. The second-order valence-corrected chi connectivity index (χ2v) is 6.20. The van der Waals surface area contributed by atoms with Gasteiger partial charge in [-0.25, -0.2) is 4.39 Å². The number of carbonyl (C=O) groups excluding carboxylic acids is 2. The SMILES string of the molecule is CC(C)[C@H](NC(=O)COc1ccccc1)C(=O)NCc1ccccc1F. The molecule has 0 aliphatic heterocycles. The Labute approximate surface area is 152 Å². The number of hydrogen-bond acceptors (Lipinski definition) is 3. The van der Waals surface area contributed by atoms with Crippen LogP contribution < -0.4 is 15.4 Å². The fraction of sp³-hybridized carbons (Fsp3) is 0.300. The van der Waals surface area contributed by atoms with Crippen LogP contribution in [0.4, 0.5) is 4.39 Å². The average molecular weight is 358 g/mol. The molecule has 0 aromatic heterocycles. The Kier molecular flexibility index (Phi) is 7.14. The van der Waals surface area contributed by atoms with Crippen molar-refractivity contribution in [3.05, 3.63) is 66.0 Å². The van der Waals surface area contributed by atoms with Crippen LogP contribution in [0.25, 0.3) is 0 Å². The molecule has 6 heteroatoms. The van der Waals surface area contributed by atoms with E-state index < -0.39 is 11.9 Å². The van der Waals surface area contributed by atoms with E-state index in [9.17, 15) is 14.0 Å². The highest BCUT2D eigenvalue weighted by Gasteiger charge is 2.24. The molecule has 0 saturated heterocycles. The van der Waals surface area contributed by atoms with Crippen molar-refractivity contribution >= 4 is 11.8 Å². The Balaban J connectivity index is 1.87. The van der Waals surface area contributed by atoms with Gasteiger partial charge in [0.25, 0.3) is 5.91 Å². The van der Waals surface area contributed by atoms with Crippen molar-refractivity contribution in [1.29, 1.82) is 0 Å². The third kappa shape index (κ3) is 5.88. The number of rotatable bonds is 8. The molecule has 0 unspecified atom stereocenters. The summed E-state index contributed by atoms with van der Waals surface area (Å²) in [6, 6.07) is 14.5. The highest BCUT2D eigenvalue weighted by atomic mass is 19.1. The maximum absolute atomic E-state index is 13.6. The van der Waals surface area contributed by atoms with Crippen LogP contribution in [0.1, 0.15) is 19.4 Å². The van der Waals surface area contributed by atoms with Gasteiger partial charge in [0.05, 0.1) is 0 Å². The first-order valence-electron chi connectivity index (χ1n) is 8.45. The lowest BCUT2D eigenvalue weighted by molar-refractivity contribution is -0.131. The van der Waals surface area contributed by atoms with Gasteiger partial charge < -0.3 is 15.4 Å². The molecule has 0 spiro atoms. The molecule has 0 saturated carbocycles. The van der Waals surface area contributed by atoms with Gasteiger partial charge in [0.1, 0.15) is 17.6 Å². The topological polar surface area (TPSA) is 67.4 Å². The second kappa shape index (κ2) is 9.56. The number of amides is 2. The number of halogens is 1. The minimum Gasteiger partial charge on any atom is -0.484 e. The van der Waals surface area contributed by atoms with E-state index in [0.29, 0.717) is 11.3 Å². The highest BCUT2D eigenvalue weighted by molar-refractivity contribution is 5.88. The molecule has 2 aromatic rings. The first-order chi connectivity index (χ1) is 12.5. The van der Waals surface area contributed by atoms with Gasteiger partial charge in [-0.2, -0.15) is 0 Å². The summed E-state index contributed by atoms with van der Waals surface area (Å²) in [7, 11) is 0. The van der Waals surface area contributed by atoms with E-state index in [0.717, 1.165) is 0 Å². The molecule has 2 amide bonds. The molecule has 0 aliphatic carbocycles. The number of para-hydroxylation sites is 1. The molecule has 0 fully saturated rings. The van der Waals surface area contributed by atoms with Gasteiger partial charge in [-0.05, 0) is 24.1 Å². The first-order valence-corrected chi connectivity index (χ1v) is 8.45. The summed E-state index contributed by atoms with van der Waals surface area (Å²) in [5.74, 6) is -0.692. The van der Waals surface area contributed by atoms with Crippen molar-refractivity contribution in [2.45, 2.75) is 26.4 Å². The maximum atomic E-state index is 13.6. The molecule has 0 radical (unpaired) electrons. The van der Waals surface area contributed by atoms with Crippen molar-refractivity contribution in [1.82, 2.24) is 10.6 Å². The molecular weight excluding hydrogens is 335 g/mol. The van der Waals surface area contributed by atoms with Crippen molar-refractivity contribution in [3.63, 3.8) is 0 Å². The van der Waals surface area contributed by atoms with Gasteiger partial charge in [0, 0.05) is 12.1 Å². The minimum atomic E-state index is -0.728. The average Bonchev–Trinajstić information content (AvgIpc) is 2.64. The molecule has 138 valence electrons. The van der Waals surface area contributed by atoms with Crippen molar-refractivity contribution in [3.8, 4) is 5.75 Å². The van der Waals surface area contributed by atoms with E-state index in [-0.39, 0.29) is 30.8 Å². The Hall–Kier alpha value is -2.89. The zero-order valence-electron chi connectivity index (χ0n) is 14.9. The summed E-state index contributed by atoms with van der Waals surface area (Å²) >= 11 is 0. The van der Waals surface area contributed by atoms with Crippen LogP contribution >= 0.6 is 0 Å². The molecule has 2 rings (SSSR count). The predicted molar refractivity (Wildman–Crippen MR) is 97.0 cm³/mol. The highest BCUT2D eigenvalue weighted by Crippen LogP contribution is 2.09. The maximum Gasteiger partial charge on any atom is 0.258 e. The van der Waals surface area contributed by atoms with E-state index in [2.05, 4.69) is 10.6 Å². The molecule has 1 atom stereocenters. The van der Waals surface area contributed by atoms with E-state index in [1.165, 1.54) is 6.07 Å². The number of benzene rings is 2. The van der Waals surface area contributed by atoms with Gasteiger partial charge in [-0.15, -0.1) is 0 Å². The van der Waals surface area contributed by atoms with Gasteiger partial charge in [-0.3, -0.25) is 9.59 Å². The number of hydrogen-bond donors (Lipinski definition) is 2. The summed E-state index contributed by atoms with van der Waals surface area (Å²) in [4.78, 5) is 24.5. The van der Waals surface area contributed by atoms with Gasteiger partial charge >= 0.3 is 0 Å². The lowest BCUT2D eigenvalue weighted by atomic mass is 10.0. The van der Waals surface area contributed by atoms with E-state index in [4.69, 9.17) is 4.74 Å². The van der Waals surface area contributed by atoms with Gasteiger partial charge in [0.15, 0.2) is 6.61 Å². The number of nitrogens with one attached hydrogen (secondary N) is 2. The van der Waals surface area contributed by atoms with Crippen LogP contribution in [-0.2, 0) is 16.1 Å². The Morgan fingerprint density at radius 2 is 1.69 bits per heavy atom. The zero-order valence-corrected chi connectivity index (χ0v) is 14.9. The van der Waals surface area contributed by atoms with Crippen LogP contribution in [0.3, 0.4) is 0 Å². The van der Waals surface area contributed by atoms with Gasteiger partial charge in [-0.1, -0.05) is 50.2 Å². The number of ether oxygens (including phenoxy) is 1. The van der Waals surface area contributed by atoms with Crippen LogP contribution in [0, 0.1) is 11.7 Å². The molecule has 0 heterocycles. The first kappa shape index (κ1) is 19.4. The van der Waals surface area contributed by atoms with Crippen LogP contribution in [-0.4, -0.2) is 24.5 Å². The summed E-state index contributed by atoms with van der Waals surface area (Å²) in [6.07, 6.45) is 0. The summed E-state index contributed by atoms with van der Waals surface area (Å²) in [5, 5.41) is 5.33. The molecule has 0 aliphatic rings. The Bertz CT molecular complexity index is 735. The summed E-state index contributed by atoms with van der Waals surface area (Å²) < 4.78 is 19.0. The normalized spacial score (nSPS) is 11.7. The third-order valence-electron chi connectivity index (χ3n) is 3.79. The standard InChI is InChI=1S/C20H23FN2O3/c1-14(2)19(20(25)22-12-15-8-6-7-11-17(15)21)23-18(24)13-26-16-9-4-3-5-10-16/h3-11,14,19H,12-13H2,1-2H3,(H,22,25)(H,23,24)/t19-/m0/s1. The van der Waals surface area contributed by atoms with E-state index in [1.807, 2.05) is 19.9 Å². The Morgan fingerprint density at radius 3 is 2.35 bits per heavy atom. The lowest BCUT2D eigenvalue weighted by Gasteiger charge is -2.22. The van der Waals surface area contributed by atoms with Crippen molar-refractivity contribution < 1.29 is 18.7 Å². The lowest BCUT2D eigenvalue weighted by Crippen LogP contribution is -2.50. The molecule has 2 aromatic carbocycles. The van der Waals surface area contributed by atoms with Crippen molar-refractivity contribution in [2.24, 2.45) is 5.92 Å². The molecule has 0 bridgehead atoms. The fourth-order valence-electron chi connectivity index (χ4n) is 2.35. The second-order valence-electron chi connectivity index (χ2n) is 6.20. The molecule has 5 nitrogen and oxygen atoms in total. The van der Waals surface area contributed by atoms with Crippen LogP contribution in [0.2, 0.25) is 0 Å². The summed E-state index contributed by atoms with van der Waals surface area (Å²) in [6.45, 7) is 3.52. The third-order valence-corrected chi connectivity index (χ3v) is 3.79. The Morgan fingerprint density at radius 1 is 1.04 bits per heavy atom. The largest absolute Gasteiger partial charge is 0.484 e. The minimum absolute atomic E-state index is 0.0606. The predicted octanol–water partition coefficient (Wildman–Crippen LogP) is 2.66. The fourth-order valence-corrected chi connectivity index (χ4v) is 2.35. The van der Waals surface area contributed by atoms with Gasteiger partial charge in [0.2, 0.25) is 5.91 Å². The van der Waals surface area contributed by atoms with E-state index >= 15 is 0 Å². The van der Waals surface area contributed by atoms with Crippen molar-refractivity contribution in [2.75, 3.05) is 6.61 Å². The molecule has 2 N–H and O–H groups in total. The number of carbonyl (C=O) groups is 2. The summed E-state index contributed by atoms with van der Waals surface area (Å²) in [5.41, 5.74) is 0.391. The molecule has 26 heavy (non-hydrogen) atoms. The van der Waals surface area contributed by atoms with Crippen LogP contribution in [0.15, 0.2) is 54.6 Å². The van der Waals surface area contributed by atoms with Crippen LogP contribution in [0.5, 0.6) is 5.75 Å². The monoisotopic (exact) mass is 358 g/mol. The molecular formula is C20H23FN2O3. The van der Waals surface area contributed by atoms with E-state index in [1.54, 1.807) is 42.5 Å². The quantitative estimate of drug-likeness (QED) is 0.762. The zero-order chi connectivity index (χ0) is 18.9.